The van der Waals surface area contributed by atoms with Gasteiger partial charge in [-0.2, -0.15) is 10.1 Å². The second kappa shape index (κ2) is 6.17. The van der Waals surface area contributed by atoms with Crippen LogP contribution in [-0.2, 0) is 16.8 Å². The average molecular weight is 300 g/mol. The van der Waals surface area contributed by atoms with Crippen LogP contribution in [0.25, 0.3) is 0 Å². The molecule has 0 spiro atoms. The summed E-state index contributed by atoms with van der Waals surface area (Å²) in [6, 6.07) is 5.08. The zero-order chi connectivity index (χ0) is 16.2. The quantitative estimate of drug-likeness (QED) is 0.783. The van der Waals surface area contributed by atoms with Crippen LogP contribution in [0.15, 0.2) is 18.3 Å². The van der Waals surface area contributed by atoms with Crippen molar-refractivity contribution >= 4 is 11.7 Å². The lowest BCUT2D eigenvalue weighted by Crippen LogP contribution is -2.33. The Morgan fingerprint density at radius 2 is 2.23 bits per heavy atom. The van der Waals surface area contributed by atoms with E-state index in [-0.39, 0.29) is 17.9 Å². The van der Waals surface area contributed by atoms with Crippen LogP contribution < -0.4 is 10.9 Å². The van der Waals surface area contributed by atoms with Crippen LogP contribution in [0, 0.1) is 11.3 Å². The van der Waals surface area contributed by atoms with Crippen LogP contribution in [-0.4, -0.2) is 31.1 Å². The van der Waals surface area contributed by atoms with E-state index >= 15 is 0 Å². The Bertz CT molecular complexity index is 709. The van der Waals surface area contributed by atoms with E-state index in [2.05, 4.69) is 31.2 Å². The fraction of sp³-hybridized carbons (Fsp3) is 0.385. The SMILES string of the molecule is CC(C)(C)c1nnn(CC(=O)NNc2cc(C#N)ccn2)n1. The third-order valence-electron chi connectivity index (χ3n) is 2.63. The molecule has 0 aliphatic carbocycles. The molecule has 0 aliphatic heterocycles. The number of carbonyl (C=O) groups is 1. The molecule has 2 aromatic rings. The van der Waals surface area contributed by atoms with Gasteiger partial charge in [-0.25, -0.2) is 4.98 Å². The predicted molar refractivity (Wildman–Crippen MR) is 77.2 cm³/mol. The molecule has 9 heteroatoms. The summed E-state index contributed by atoms with van der Waals surface area (Å²) in [6.45, 7) is 5.81. The lowest BCUT2D eigenvalue weighted by atomic mass is 9.96. The van der Waals surface area contributed by atoms with Crippen LogP contribution in [0.2, 0.25) is 0 Å². The van der Waals surface area contributed by atoms with Crippen molar-refractivity contribution < 1.29 is 4.79 Å². The van der Waals surface area contributed by atoms with Crippen LogP contribution >= 0.6 is 0 Å². The molecule has 0 atom stereocenters. The molecule has 1 amide bonds. The molecule has 2 N–H and O–H groups in total. The molecule has 0 bridgehead atoms. The Morgan fingerprint density at radius 3 is 2.86 bits per heavy atom. The minimum atomic E-state index is -0.359. The van der Waals surface area contributed by atoms with Crippen LogP contribution in [0.3, 0.4) is 0 Å². The number of hydrogen-bond acceptors (Lipinski definition) is 7. The molecule has 2 aromatic heterocycles. The zero-order valence-electron chi connectivity index (χ0n) is 12.5. The normalized spacial score (nSPS) is 10.8. The largest absolute Gasteiger partial charge is 0.282 e. The Balaban J connectivity index is 1.90. The first kappa shape index (κ1) is 15.4. The Morgan fingerprint density at radius 1 is 1.45 bits per heavy atom. The van der Waals surface area contributed by atoms with Gasteiger partial charge in [0.1, 0.15) is 12.4 Å². The highest BCUT2D eigenvalue weighted by Crippen LogP contribution is 2.15. The monoisotopic (exact) mass is 300 g/mol. The molecule has 2 heterocycles. The smallest absolute Gasteiger partial charge is 0.262 e. The molecule has 0 saturated carbocycles. The van der Waals surface area contributed by atoms with Crippen molar-refractivity contribution in [1.29, 1.82) is 5.26 Å². The molecule has 0 unspecified atom stereocenters. The molecular formula is C13H16N8O. The molecule has 22 heavy (non-hydrogen) atoms. The van der Waals surface area contributed by atoms with Gasteiger partial charge < -0.3 is 0 Å². The molecule has 0 aliphatic rings. The molecule has 0 aromatic carbocycles. The lowest BCUT2D eigenvalue weighted by Gasteiger charge is -2.11. The summed E-state index contributed by atoms with van der Waals surface area (Å²) < 4.78 is 0. The third-order valence-corrected chi connectivity index (χ3v) is 2.63. The topological polar surface area (TPSA) is 121 Å². The second-order valence-electron chi connectivity index (χ2n) is 5.61. The van der Waals surface area contributed by atoms with Crippen molar-refractivity contribution in [2.75, 3.05) is 5.43 Å². The Hall–Kier alpha value is -3.02. The van der Waals surface area contributed by atoms with Gasteiger partial charge in [0, 0.05) is 11.6 Å². The first-order valence-electron chi connectivity index (χ1n) is 6.58. The number of amides is 1. The lowest BCUT2D eigenvalue weighted by molar-refractivity contribution is -0.121. The first-order valence-corrected chi connectivity index (χ1v) is 6.58. The van der Waals surface area contributed by atoms with Crippen molar-refractivity contribution in [2.45, 2.75) is 32.7 Å². The van der Waals surface area contributed by atoms with Crippen molar-refractivity contribution in [2.24, 2.45) is 0 Å². The minimum Gasteiger partial charge on any atom is -0.282 e. The van der Waals surface area contributed by atoms with Crippen LogP contribution in [0.4, 0.5) is 5.82 Å². The van der Waals surface area contributed by atoms with Crippen molar-refractivity contribution in [3.63, 3.8) is 0 Å². The van der Waals surface area contributed by atoms with E-state index < -0.39 is 0 Å². The molecule has 0 radical (unpaired) electrons. The van der Waals surface area contributed by atoms with Crippen molar-refractivity contribution in [1.82, 2.24) is 30.6 Å². The number of nitrogens with zero attached hydrogens (tertiary/aromatic N) is 6. The fourth-order valence-electron chi connectivity index (χ4n) is 1.48. The maximum absolute atomic E-state index is 11.8. The highest BCUT2D eigenvalue weighted by atomic mass is 16.2. The number of hydrazine groups is 1. The number of anilines is 1. The van der Waals surface area contributed by atoms with Gasteiger partial charge in [-0.1, -0.05) is 20.8 Å². The molecular weight excluding hydrogens is 284 g/mol. The highest BCUT2D eigenvalue weighted by molar-refractivity contribution is 5.76. The standard InChI is InChI=1S/C13H16N8O/c1-13(2,3)12-18-20-21(19-12)8-11(22)17-16-10-6-9(7-14)4-5-15-10/h4-6H,8H2,1-3H3,(H,15,16)(H,17,22). The first-order chi connectivity index (χ1) is 10.4. The number of carbonyl (C=O) groups excluding carboxylic acids is 1. The third kappa shape index (κ3) is 3.99. The number of aromatic nitrogens is 5. The molecule has 0 saturated heterocycles. The Labute approximate surface area is 127 Å². The number of pyridine rings is 1. The minimum absolute atomic E-state index is 0.0754. The maximum Gasteiger partial charge on any atom is 0.262 e. The van der Waals surface area contributed by atoms with E-state index in [1.54, 1.807) is 6.07 Å². The van der Waals surface area contributed by atoms with E-state index in [4.69, 9.17) is 5.26 Å². The molecule has 9 nitrogen and oxygen atoms in total. The number of nitriles is 1. The van der Waals surface area contributed by atoms with Crippen LogP contribution in [0.1, 0.15) is 32.2 Å². The van der Waals surface area contributed by atoms with E-state index in [0.717, 1.165) is 0 Å². The van der Waals surface area contributed by atoms with E-state index in [9.17, 15) is 4.79 Å². The van der Waals surface area contributed by atoms with Gasteiger partial charge in [0.05, 0.1) is 11.6 Å². The van der Waals surface area contributed by atoms with Gasteiger partial charge >= 0.3 is 0 Å². The molecule has 0 fully saturated rings. The highest BCUT2D eigenvalue weighted by Gasteiger charge is 2.20. The summed E-state index contributed by atoms with van der Waals surface area (Å²) in [4.78, 5) is 17.0. The van der Waals surface area contributed by atoms with Gasteiger partial charge in [-0.3, -0.25) is 15.6 Å². The number of rotatable bonds is 4. The van der Waals surface area contributed by atoms with Gasteiger partial charge in [-0.15, -0.1) is 10.2 Å². The Kier molecular flexibility index (Phi) is 4.31. The summed E-state index contributed by atoms with van der Waals surface area (Å²) in [5.74, 6) is 0.577. The number of nitrogens with one attached hydrogen (secondary N) is 2. The van der Waals surface area contributed by atoms with Gasteiger partial charge in [-0.05, 0) is 17.3 Å². The molecule has 2 rings (SSSR count). The van der Waals surface area contributed by atoms with Crippen LogP contribution in [0.5, 0.6) is 0 Å². The summed E-state index contributed by atoms with van der Waals surface area (Å²) in [6.07, 6.45) is 1.47. The summed E-state index contributed by atoms with van der Waals surface area (Å²) >= 11 is 0. The van der Waals surface area contributed by atoms with Gasteiger partial charge in [0.25, 0.3) is 5.91 Å². The van der Waals surface area contributed by atoms with Crippen molar-refractivity contribution in [3.05, 3.63) is 29.7 Å². The number of hydrogen-bond donors (Lipinski definition) is 2. The van der Waals surface area contributed by atoms with Gasteiger partial charge in [0.2, 0.25) is 0 Å². The number of tetrazole rings is 1. The summed E-state index contributed by atoms with van der Waals surface area (Å²) in [5.41, 5.74) is 5.30. The molecule has 114 valence electrons. The second-order valence-corrected chi connectivity index (χ2v) is 5.61. The fourth-order valence-corrected chi connectivity index (χ4v) is 1.48. The van der Waals surface area contributed by atoms with E-state index in [0.29, 0.717) is 17.2 Å². The van der Waals surface area contributed by atoms with E-state index in [1.165, 1.54) is 17.1 Å². The predicted octanol–water partition coefficient (Wildman–Crippen LogP) is 0.381. The average Bonchev–Trinajstić information content (AvgIpc) is 2.94. The summed E-state index contributed by atoms with van der Waals surface area (Å²) in [7, 11) is 0. The van der Waals surface area contributed by atoms with Gasteiger partial charge in [0.15, 0.2) is 5.82 Å². The zero-order valence-corrected chi connectivity index (χ0v) is 12.5. The summed E-state index contributed by atoms with van der Waals surface area (Å²) in [5, 5.41) is 20.7. The maximum atomic E-state index is 11.8. The van der Waals surface area contributed by atoms with Crippen molar-refractivity contribution in [3.8, 4) is 6.07 Å². The van der Waals surface area contributed by atoms with E-state index in [1.807, 2.05) is 26.8 Å².